The number of ether oxygens (including phenoxy) is 2. The summed E-state index contributed by atoms with van der Waals surface area (Å²) in [5.74, 6) is 0.674. The second kappa shape index (κ2) is 5.91. The van der Waals surface area contributed by atoms with Gasteiger partial charge in [0, 0.05) is 0 Å². The molecule has 1 N–H and O–H groups in total. The summed E-state index contributed by atoms with van der Waals surface area (Å²) in [5.41, 5.74) is 0.186. The third-order valence-corrected chi connectivity index (χ3v) is 2.46. The van der Waals surface area contributed by atoms with Gasteiger partial charge in [0.2, 0.25) is 0 Å². The average molecular weight is 258 g/mol. The Bertz CT molecular complexity index is 578. The highest BCUT2D eigenvalue weighted by atomic mass is 16.5. The van der Waals surface area contributed by atoms with Crippen LogP contribution in [0, 0.1) is 0 Å². The van der Waals surface area contributed by atoms with Gasteiger partial charge in [0.05, 0.1) is 12.2 Å². The molecule has 0 amide bonds. The van der Waals surface area contributed by atoms with E-state index < -0.39 is 5.97 Å². The molecule has 0 aromatic heterocycles. The summed E-state index contributed by atoms with van der Waals surface area (Å²) in [6.07, 6.45) is 0. The Hall–Kier alpha value is -2.49. The molecular weight excluding hydrogens is 244 g/mol. The standard InChI is InChI=1S/C15H14O4/c1-2-18-13-8-3-4-9-14(13)19-12-7-5-6-11(10-12)15(16)17/h3-10H,2H2,1H3,(H,16,17). The van der Waals surface area contributed by atoms with Gasteiger partial charge in [-0.05, 0) is 37.3 Å². The van der Waals surface area contributed by atoms with E-state index in [9.17, 15) is 4.79 Å². The van der Waals surface area contributed by atoms with Gasteiger partial charge in [-0.2, -0.15) is 0 Å². The van der Waals surface area contributed by atoms with Crippen molar-refractivity contribution in [3.05, 3.63) is 54.1 Å². The van der Waals surface area contributed by atoms with Gasteiger partial charge in [-0.15, -0.1) is 0 Å². The zero-order valence-electron chi connectivity index (χ0n) is 10.5. The summed E-state index contributed by atoms with van der Waals surface area (Å²) < 4.78 is 11.1. The van der Waals surface area contributed by atoms with E-state index in [2.05, 4.69) is 0 Å². The zero-order valence-corrected chi connectivity index (χ0v) is 10.5. The maximum atomic E-state index is 10.9. The first-order valence-corrected chi connectivity index (χ1v) is 5.93. The van der Waals surface area contributed by atoms with Crippen molar-refractivity contribution in [2.45, 2.75) is 6.92 Å². The van der Waals surface area contributed by atoms with E-state index in [1.54, 1.807) is 24.3 Å². The second-order valence-corrected chi connectivity index (χ2v) is 3.81. The first kappa shape index (κ1) is 13.0. The van der Waals surface area contributed by atoms with E-state index in [0.29, 0.717) is 23.9 Å². The first-order chi connectivity index (χ1) is 9.20. The van der Waals surface area contributed by atoms with Gasteiger partial charge in [-0.1, -0.05) is 18.2 Å². The molecule has 0 saturated heterocycles. The lowest BCUT2D eigenvalue weighted by molar-refractivity contribution is 0.0696. The summed E-state index contributed by atoms with van der Waals surface area (Å²) in [5, 5.41) is 8.93. The fraction of sp³-hybridized carbons (Fsp3) is 0.133. The molecule has 0 heterocycles. The number of carboxylic acids is 1. The van der Waals surface area contributed by atoms with Crippen molar-refractivity contribution in [2.75, 3.05) is 6.61 Å². The van der Waals surface area contributed by atoms with Crippen LogP contribution in [0.3, 0.4) is 0 Å². The molecule has 0 atom stereocenters. The molecule has 98 valence electrons. The van der Waals surface area contributed by atoms with Crippen LogP contribution in [0.1, 0.15) is 17.3 Å². The lowest BCUT2D eigenvalue weighted by atomic mass is 10.2. The van der Waals surface area contributed by atoms with Crippen molar-refractivity contribution in [1.82, 2.24) is 0 Å². The van der Waals surface area contributed by atoms with Crippen LogP contribution in [-0.2, 0) is 0 Å². The van der Waals surface area contributed by atoms with Gasteiger partial charge in [0.1, 0.15) is 5.75 Å². The number of rotatable bonds is 5. The Morgan fingerprint density at radius 1 is 1.11 bits per heavy atom. The van der Waals surface area contributed by atoms with Crippen LogP contribution in [0.25, 0.3) is 0 Å². The predicted molar refractivity (Wildman–Crippen MR) is 71.1 cm³/mol. The molecule has 0 fully saturated rings. The van der Waals surface area contributed by atoms with Gasteiger partial charge >= 0.3 is 5.97 Å². The predicted octanol–water partition coefficient (Wildman–Crippen LogP) is 3.58. The molecule has 0 spiro atoms. The number of benzene rings is 2. The average Bonchev–Trinajstić information content (AvgIpc) is 2.41. The molecule has 4 nitrogen and oxygen atoms in total. The van der Waals surface area contributed by atoms with Crippen LogP contribution < -0.4 is 9.47 Å². The molecule has 0 aliphatic heterocycles. The van der Waals surface area contributed by atoms with Crippen molar-refractivity contribution in [2.24, 2.45) is 0 Å². The number of hydrogen-bond donors (Lipinski definition) is 1. The smallest absolute Gasteiger partial charge is 0.335 e. The molecule has 0 unspecified atom stereocenters. The van der Waals surface area contributed by atoms with Crippen molar-refractivity contribution >= 4 is 5.97 Å². The van der Waals surface area contributed by atoms with Crippen molar-refractivity contribution in [3.63, 3.8) is 0 Å². The van der Waals surface area contributed by atoms with Gasteiger partial charge in [-0.25, -0.2) is 4.79 Å². The highest BCUT2D eigenvalue weighted by molar-refractivity contribution is 5.88. The third-order valence-electron chi connectivity index (χ3n) is 2.46. The van der Waals surface area contributed by atoms with Crippen molar-refractivity contribution in [3.8, 4) is 17.2 Å². The molecule has 2 rings (SSSR count). The Morgan fingerprint density at radius 2 is 1.84 bits per heavy atom. The van der Waals surface area contributed by atoms with Crippen LogP contribution in [0.5, 0.6) is 17.2 Å². The van der Waals surface area contributed by atoms with Crippen LogP contribution in [0.15, 0.2) is 48.5 Å². The Labute approximate surface area is 111 Å². The minimum Gasteiger partial charge on any atom is -0.490 e. The third kappa shape index (κ3) is 3.25. The summed E-state index contributed by atoms with van der Waals surface area (Å²) in [4.78, 5) is 10.9. The molecule has 2 aromatic carbocycles. The van der Waals surface area contributed by atoms with Gasteiger partial charge in [0.15, 0.2) is 11.5 Å². The Kier molecular flexibility index (Phi) is 4.03. The zero-order chi connectivity index (χ0) is 13.7. The Balaban J connectivity index is 2.26. The molecule has 0 aliphatic carbocycles. The van der Waals surface area contributed by atoms with Crippen molar-refractivity contribution in [1.29, 1.82) is 0 Å². The van der Waals surface area contributed by atoms with E-state index in [0.717, 1.165) is 0 Å². The molecule has 0 saturated carbocycles. The maximum absolute atomic E-state index is 10.9. The minimum atomic E-state index is -0.983. The summed E-state index contributed by atoms with van der Waals surface area (Å²) in [6.45, 7) is 2.43. The molecule has 19 heavy (non-hydrogen) atoms. The van der Waals surface area contributed by atoms with Gasteiger partial charge in [0.25, 0.3) is 0 Å². The molecule has 4 heteroatoms. The van der Waals surface area contributed by atoms with Crippen LogP contribution in [0.4, 0.5) is 0 Å². The lowest BCUT2D eigenvalue weighted by Crippen LogP contribution is -1.97. The number of aromatic carboxylic acids is 1. The highest BCUT2D eigenvalue weighted by Crippen LogP contribution is 2.31. The van der Waals surface area contributed by atoms with Crippen molar-refractivity contribution < 1.29 is 19.4 Å². The van der Waals surface area contributed by atoms with E-state index in [1.807, 2.05) is 19.1 Å². The molecule has 2 aromatic rings. The van der Waals surface area contributed by atoms with Crippen LogP contribution >= 0.6 is 0 Å². The monoisotopic (exact) mass is 258 g/mol. The Morgan fingerprint density at radius 3 is 2.53 bits per heavy atom. The highest BCUT2D eigenvalue weighted by Gasteiger charge is 2.07. The number of hydrogen-bond acceptors (Lipinski definition) is 3. The number of para-hydroxylation sites is 2. The SMILES string of the molecule is CCOc1ccccc1Oc1cccc(C(=O)O)c1. The maximum Gasteiger partial charge on any atom is 0.335 e. The van der Waals surface area contributed by atoms with E-state index in [4.69, 9.17) is 14.6 Å². The largest absolute Gasteiger partial charge is 0.490 e. The summed E-state index contributed by atoms with van der Waals surface area (Å²) >= 11 is 0. The quantitative estimate of drug-likeness (QED) is 0.890. The van der Waals surface area contributed by atoms with Crippen LogP contribution in [-0.4, -0.2) is 17.7 Å². The summed E-state index contributed by atoms with van der Waals surface area (Å²) in [6, 6.07) is 13.6. The normalized spacial score (nSPS) is 9.95. The number of carbonyl (C=O) groups is 1. The van der Waals surface area contributed by atoms with Gasteiger partial charge < -0.3 is 14.6 Å². The van der Waals surface area contributed by atoms with E-state index in [1.165, 1.54) is 12.1 Å². The lowest BCUT2D eigenvalue weighted by Gasteiger charge is -2.11. The number of carboxylic acid groups (broad SMARTS) is 1. The van der Waals surface area contributed by atoms with E-state index in [-0.39, 0.29) is 5.56 Å². The van der Waals surface area contributed by atoms with Gasteiger partial charge in [-0.3, -0.25) is 0 Å². The minimum absolute atomic E-state index is 0.186. The molecular formula is C15H14O4. The topological polar surface area (TPSA) is 55.8 Å². The van der Waals surface area contributed by atoms with Crippen LogP contribution in [0.2, 0.25) is 0 Å². The second-order valence-electron chi connectivity index (χ2n) is 3.81. The van der Waals surface area contributed by atoms with E-state index >= 15 is 0 Å². The summed E-state index contributed by atoms with van der Waals surface area (Å²) in [7, 11) is 0. The first-order valence-electron chi connectivity index (χ1n) is 5.93. The fourth-order valence-corrected chi connectivity index (χ4v) is 1.63. The fourth-order valence-electron chi connectivity index (χ4n) is 1.63. The molecule has 0 bridgehead atoms. The molecule has 0 aliphatic rings. The molecule has 0 radical (unpaired) electrons.